The maximum Gasteiger partial charge on any atom is 0.219 e. The van der Waals surface area contributed by atoms with E-state index in [2.05, 4.69) is 5.10 Å². The Bertz CT molecular complexity index is 400. The van der Waals surface area contributed by atoms with Crippen molar-refractivity contribution in [2.75, 3.05) is 20.3 Å². The maximum atomic E-state index is 11.4. The molecule has 1 aromatic rings. The van der Waals surface area contributed by atoms with E-state index in [9.17, 15) is 4.79 Å². The van der Waals surface area contributed by atoms with Crippen molar-refractivity contribution in [2.24, 2.45) is 7.05 Å². The van der Waals surface area contributed by atoms with Crippen LogP contribution >= 0.6 is 0 Å². The molecule has 2 heterocycles. The first kappa shape index (κ1) is 11.1. The molecule has 2 rings (SSSR count). The minimum Gasteiger partial charge on any atom is -0.384 e. The zero-order valence-electron chi connectivity index (χ0n) is 9.93. The van der Waals surface area contributed by atoms with Crippen LogP contribution in [-0.2, 0) is 23.1 Å². The van der Waals surface area contributed by atoms with E-state index in [1.54, 1.807) is 14.0 Å². The molecule has 5 nitrogen and oxygen atoms in total. The van der Waals surface area contributed by atoms with Crippen LogP contribution < -0.4 is 0 Å². The Labute approximate surface area is 95.0 Å². The lowest BCUT2D eigenvalue weighted by molar-refractivity contribution is -0.130. The molecule has 1 aliphatic rings. The highest BCUT2D eigenvalue weighted by atomic mass is 16.5. The van der Waals surface area contributed by atoms with E-state index >= 15 is 0 Å². The Morgan fingerprint density at radius 3 is 3.06 bits per heavy atom. The topological polar surface area (TPSA) is 47.4 Å². The number of ether oxygens (including phenoxy) is 1. The van der Waals surface area contributed by atoms with Gasteiger partial charge in [-0.15, -0.1) is 0 Å². The van der Waals surface area contributed by atoms with Crippen LogP contribution in [0.1, 0.15) is 24.1 Å². The molecule has 1 unspecified atom stereocenters. The van der Waals surface area contributed by atoms with Crippen molar-refractivity contribution in [3.05, 3.63) is 17.5 Å². The van der Waals surface area contributed by atoms with Crippen LogP contribution in [0.2, 0.25) is 0 Å². The van der Waals surface area contributed by atoms with Crippen molar-refractivity contribution < 1.29 is 9.53 Å². The first-order valence-corrected chi connectivity index (χ1v) is 5.38. The summed E-state index contributed by atoms with van der Waals surface area (Å²) < 4.78 is 7.10. The van der Waals surface area contributed by atoms with Crippen molar-refractivity contribution in [2.45, 2.75) is 19.4 Å². The zero-order chi connectivity index (χ0) is 11.7. The fraction of sp³-hybridized carbons (Fsp3) is 0.636. The van der Waals surface area contributed by atoms with Crippen LogP contribution in [0.3, 0.4) is 0 Å². The molecule has 5 heteroatoms. The van der Waals surface area contributed by atoms with Gasteiger partial charge in [0, 0.05) is 45.7 Å². The minimum absolute atomic E-state index is 0.107. The van der Waals surface area contributed by atoms with Gasteiger partial charge >= 0.3 is 0 Å². The van der Waals surface area contributed by atoms with Crippen LogP contribution in [0.5, 0.6) is 0 Å². The molecular formula is C11H17N3O2. The highest BCUT2D eigenvalue weighted by Crippen LogP contribution is 2.27. The molecule has 0 aromatic carbocycles. The number of amides is 1. The average molecular weight is 223 g/mol. The zero-order valence-corrected chi connectivity index (χ0v) is 9.93. The first-order chi connectivity index (χ1) is 7.63. The maximum absolute atomic E-state index is 11.4. The third kappa shape index (κ3) is 1.82. The van der Waals surface area contributed by atoms with E-state index in [1.807, 2.05) is 22.8 Å². The number of nitrogens with zero attached hydrogens (tertiary/aromatic N) is 3. The predicted molar refractivity (Wildman–Crippen MR) is 58.9 cm³/mol. The van der Waals surface area contributed by atoms with Gasteiger partial charge in [-0.05, 0) is 0 Å². The summed E-state index contributed by atoms with van der Waals surface area (Å²) >= 11 is 0. The molecule has 0 N–H and O–H groups in total. The van der Waals surface area contributed by atoms with Gasteiger partial charge in [0.25, 0.3) is 0 Å². The molecule has 0 bridgehead atoms. The fourth-order valence-corrected chi connectivity index (χ4v) is 2.34. The lowest BCUT2D eigenvalue weighted by Gasteiger charge is -2.32. The van der Waals surface area contributed by atoms with E-state index < -0.39 is 0 Å². The summed E-state index contributed by atoms with van der Waals surface area (Å²) in [5.74, 6) is 0.334. The summed E-state index contributed by atoms with van der Waals surface area (Å²) in [5, 5.41) is 4.25. The molecule has 1 aromatic heterocycles. The van der Waals surface area contributed by atoms with Gasteiger partial charge in [-0.3, -0.25) is 9.48 Å². The molecule has 1 aliphatic heterocycles. The lowest BCUT2D eigenvalue weighted by atomic mass is 9.97. The average Bonchev–Trinajstić information content (AvgIpc) is 2.61. The number of hydrogen-bond donors (Lipinski definition) is 0. The number of rotatable bonds is 2. The number of carbonyl (C=O) groups excluding carboxylic acids is 1. The van der Waals surface area contributed by atoms with Crippen LogP contribution in [-0.4, -0.2) is 40.8 Å². The van der Waals surface area contributed by atoms with Gasteiger partial charge in [-0.1, -0.05) is 0 Å². The molecular weight excluding hydrogens is 206 g/mol. The molecule has 88 valence electrons. The highest BCUT2D eigenvalue weighted by Gasteiger charge is 2.29. The Balaban J connectivity index is 2.31. The number of methoxy groups -OCH3 is 1. The van der Waals surface area contributed by atoms with Crippen LogP contribution in [0.25, 0.3) is 0 Å². The fourth-order valence-electron chi connectivity index (χ4n) is 2.34. The largest absolute Gasteiger partial charge is 0.384 e. The van der Waals surface area contributed by atoms with E-state index in [-0.39, 0.29) is 11.8 Å². The van der Waals surface area contributed by atoms with E-state index in [0.29, 0.717) is 13.2 Å². The van der Waals surface area contributed by atoms with Crippen LogP contribution in [0, 0.1) is 0 Å². The Morgan fingerprint density at radius 1 is 1.69 bits per heavy atom. The number of hydrogen-bond acceptors (Lipinski definition) is 3. The van der Waals surface area contributed by atoms with E-state index in [0.717, 1.165) is 12.1 Å². The van der Waals surface area contributed by atoms with Gasteiger partial charge in [0.05, 0.1) is 18.5 Å². The molecule has 0 spiro atoms. The number of fused-ring (bicyclic) bond motifs is 1. The van der Waals surface area contributed by atoms with Crippen molar-refractivity contribution in [1.29, 1.82) is 0 Å². The Kier molecular flexibility index (Phi) is 2.96. The third-order valence-electron chi connectivity index (χ3n) is 3.07. The molecule has 0 saturated carbocycles. The molecule has 0 fully saturated rings. The second-order valence-corrected chi connectivity index (χ2v) is 4.23. The van der Waals surface area contributed by atoms with Gasteiger partial charge in [0.2, 0.25) is 5.91 Å². The monoisotopic (exact) mass is 223 g/mol. The summed E-state index contributed by atoms with van der Waals surface area (Å²) in [7, 11) is 3.62. The minimum atomic E-state index is 0.107. The smallest absolute Gasteiger partial charge is 0.219 e. The summed E-state index contributed by atoms with van der Waals surface area (Å²) in [4.78, 5) is 13.3. The van der Waals surface area contributed by atoms with E-state index in [1.165, 1.54) is 5.69 Å². The van der Waals surface area contributed by atoms with Crippen molar-refractivity contribution in [3.8, 4) is 0 Å². The van der Waals surface area contributed by atoms with Crippen molar-refractivity contribution in [3.63, 3.8) is 0 Å². The Morgan fingerprint density at radius 2 is 2.44 bits per heavy atom. The second kappa shape index (κ2) is 4.25. The molecule has 1 atom stereocenters. The SMILES string of the molecule is COCC1CN(C(C)=O)Cc2cnn(C)c21. The quantitative estimate of drug-likeness (QED) is 0.734. The van der Waals surface area contributed by atoms with Gasteiger partial charge in [0.1, 0.15) is 0 Å². The van der Waals surface area contributed by atoms with Gasteiger partial charge < -0.3 is 9.64 Å². The molecule has 1 amide bonds. The van der Waals surface area contributed by atoms with Crippen molar-refractivity contribution >= 4 is 5.91 Å². The summed E-state index contributed by atoms with van der Waals surface area (Å²) in [6.07, 6.45) is 1.84. The Hall–Kier alpha value is -1.36. The van der Waals surface area contributed by atoms with Crippen LogP contribution in [0.15, 0.2) is 6.20 Å². The first-order valence-electron chi connectivity index (χ1n) is 5.38. The highest BCUT2D eigenvalue weighted by molar-refractivity contribution is 5.73. The number of aromatic nitrogens is 2. The number of carbonyl (C=O) groups is 1. The summed E-state index contributed by atoms with van der Waals surface area (Å²) in [5.41, 5.74) is 2.32. The molecule has 0 saturated heterocycles. The summed E-state index contributed by atoms with van der Waals surface area (Å²) in [6.45, 7) is 3.61. The van der Waals surface area contributed by atoms with Gasteiger partial charge in [-0.25, -0.2) is 0 Å². The summed E-state index contributed by atoms with van der Waals surface area (Å²) in [6, 6.07) is 0. The third-order valence-corrected chi connectivity index (χ3v) is 3.07. The predicted octanol–water partition coefficient (Wildman–Crippen LogP) is 0.512. The standard InChI is InChI=1S/C11H17N3O2/c1-8(15)14-5-9-4-12-13(2)11(9)10(6-14)7-16-3/h4,10H,5-7H2,1-3H3. The van der Waals surface area contributed by atoms with Crippen LogP contribution in [0.4, 0.5) is 0 Å². The normalized spacial score (nSPS) is 19.7. The number of aryl methyl sites for hydroxylation is 1. The molecule has 0 radical (unpaired) electrons. The second-order valence-electron chi connectivity index (χ2n) is 4.23. The molecule has 16 heavy (non-hydrogen) atoms. The lowest BCUT2D eigenvalue weighted by Crippen LogP contribution is -2.38. The van der Waals surface area contributed by atoms with Crippen molar-refractivity contribution in [1.82, 2.24) is 14.7 Å². The molecule has 0 aliphatic carbocycles. The van der Waals surface area contributed by atoms with Gasteiger partial charge in [0.15, 0.2) is 0 Å². The van der Waals surface area contributed by atoms with E-state index in [4.69, 9.17) is 4.74 Å². The van der Waals surface area contributed by atoms with Gasteiger partial charge in [-0.2, -0.15) is 5.10 Å².